The molecule has 6 rings (SSSR count). The van der Waals surface area contributed by atoms with Gasteiger partial charge in [0.15, 0.2) is 5.17 Å². The molecule has 202 valence electrons. The lowest BCUT2D eigenvalue weighted by molar-refractivity contribution is -0.113. The predicted octanol–water partition coefficient (Wildman–Crippen LogP) is 5.04. The smallest absolute Gasteiger partial charge is 0.286 e. The van der Waals surface area contributed by atoms with Crippen LogP contribution in [0.1, 0.15) is 24.5 Å². The second-order valence-electron chi connectivity index (χ2n) is 10.4. The number of aromatic nitrogens is 1. The average Bonchev–Trinajstić information content (AvgIpc) is 3.33. The van der Waals surface area contributed by atoms with E-state index in [4.69, 9.17) is 4.74 Å². The summed E-state index contributed by atoms with van der Waals surface area (Å²) in [6.07, 6.45) is 5.04. The Balaban J connectivity index is 1.24. The minimum Gasteiger partial charge on any atom is -0.378 e. The van der Waals surface area contributed by atoms with E-state index in [0.29, 0.717) is 18.1 Å². The van der Waals surface area contributed by atoms with Gasteiger partial charge in [-0.05, 0) is 90.3 Å². The molecule has 2 fully saturated rings. The number of amidine groups is 1. The number of ether oxygens (including phenoxy) is 1. The summed E-state index contributed by atoms with van der Waals surface area (Å²) in [5.41, 5.74) is 6.87. The lowest BCUT2D eigenvalue weighted by Gasteiger charge is -2.36. The Morgan fingerprint density at radius 3 is 2.56 bits per heavy atom. The Bertz CT molecular complexity index is 1440. The lowest BCUT2D eigenvalue weighted by atomic mass is 9.97. The van der Waals surface area contributed by atoms with Crippen LogP contribution in [0, 0.1) is 6.92 Å². The van der Waals surface area contributed by atoms with Gasteiger partial charge >= 0.3 is 0 Å². The topological polar surface area (TPSA) is 61.3 Å². The van der Waals surface area contributed by atoms with E-state index < -0.39 is 0 Å². The first-order valence-electron chi connectivity index (χ1n) is 13.9. The summed E-state index contributed by atoms with van der Waals surface area (Å²) in [7, 11) is 0. The van der Waals surface area contributed by atoms with Gasteiger partial charge in [0.05, 0.1) is 23.6 Å². The van der Waals surface area contributed by atoms with Gasteiger partial charge in [-0.2, -0.15) is 4.99 Å². The van der Waals surface area contributed by atoms with Crippen molar-refractivity contribution in [1.29, 1.82) is 0 Å². The lowest BCUT2D eigenvalue weighted by Crippen LogP contribution is -2.46. The highest BCUT2D eigenvalue weighted by Crippen LogP contribution is 2.34. The molecule has 0 N–H and O–H groups in total. The van der Waals surface area contributed by atoms with Gasteiger partial charge in [-0.25, -0.2) is 0 Å². The molecule has 0 spiro atoms. The number of piperazine rings is 1. The van der Waals surface area contributed by atoms with E-state index >= 15 is 0 Å². The normalized spacial score (nSPS) is 19.8. The number of pyridine rings is 1. The van der Waals surface area contributed by atoms with Crippen LogP contribution >= 0.6 is 11.8 Å². The average molecular weight is 542 g/mol. The summed E-state index contributed by atoms with van der Waals surface area (Å²) in [5, 5.41) is 1.86. The second kappa shape index (κ2) is 11.5. The van der Waals surface area contributed by atoms with Crippen molar-refractivity contribution in [3.05, 3.63) is 64.7 Å². The van der Waals surface area contributed by atoms with Gasteiger partial charge in [-0.15, -0.1) is 0 Å². The van der Waals surface area contributed by atoms with E-state index in [1.807, 2.05) is 24.4 Å². The molecule has 1 aromatic heterocycles. The molecule has 1 amide bonds. The van der Waals surface area contributed by atoms with Gasteiger partial charge in [0, 0.05) is 56.5 Å². The third-order valence-electron chi connectivity index (χ3n) is 7.71. The van der Waals surface area contributed by atoms with E-state index in [1.54, 1.807) is 0 Å². The zero-order chi connectivity index (χ0) is 26.8. The molecule has 0 atom stereocenters. The number of carbonyl (C=O) groups excluding carboxylic acids is 1. The monoisotopic (exact) mass is 541 g/mol. The zero-order valence-corrected chi connectivity index (χ0v) is 23.5. The highest BCUT2D eigenvalue weighted by molar-refractivity contribution is 8.18. The van der Waals surface area contributed by atoms with Crippen molar-refractivity contribution >= 4 is 45.5 Å². The molecule has 8 heteroatoms. The number of nitrogens with zero attached hydrogens (tertiary/aromatic N) is 5. The van der Waals surface area contributed by atoms with Crippen molar-refractivity contribution in [2.75, 3.05) is 63.9 Å². The maximum Gasteiger partial charge on any atom is 0.286 e. The van der Waals surface area contributed by atoms with Crippen LogP contribution in [0.25, 0.3) is 28.1 Å². The first-order valence-corrected chi connectivity index (χ1v) is 14.7. The van der Waals surface area contributed by atoms with Crippen molar-refractivity contribution in [3.63, 3.8) is 0 Å². The summed E-state index contributed by atoms with van der Waals surface area (Å²) in [6.45, 7) is 12.9. The van der Waals surface area contributed by atoms with Crippen LogP contribution in [-0.2, 0) is 9.53 Å². The number of fused-ring (bicyclic) bond motifs is 1. The Morgan fingerprint density at radius 1 is 0.974 bits per heavy atom. The summed E-state index contributed by atoms with van der Waals surface area (Å²) in [5.74, 6) is -0.172. The molecule has 0 saturated carbocycles. The minimum absolute atomic E-state index is 0.172. The van der Waals surface area contributed by atoms with Crippen molar-refractivity contribution in [2.24, 2.45) is 4.99 Å². The molecular weight excluding hydrogens is 506 g/mol. The van der Waals surface area contributed by atoms with Gasteiger partial charge in [0.25, 0.3) is 5.91 Å². The molecule has 2 saturated heterocycles. The third-order valence-corrected chi connectivity index (χ3v) is 8.76. The van der Waals surface area contributed by atoms with Crippen LogP contribution in [0.15, 0.2) is 58.6 Å². The molecule has 0 radical (unpaired) electrons. The van der Waals surface area contributed by atoms with Crippen LogP contribution < -0.4 is 4.90 Å². The van der Waals surface area contributed by atoms with E-state index in [-0.39, 0.29) is 5.91 Å². The van der Waals surface area contributed by atoms with Crippen molar-refractivity contribution < 1.29 is 9.53 Å². The predicted molar refractivity (Wildman–Crippen MR) is 161 cm³/mol. The Hall–Kier alpha value is -3.20. The highest BCUT2D eigenvalue weighted by Gasteiger charge is 2.27. The summed E-state index contributed by atoms with van der Waals surface area (Å²) in [6, 6.07) is 15.1. The van der Waals surface area contributed by atoms with E-state index in [9.17, 15) is 4.79 Å². The van der Waals surface area contributed by atoms with Crippen molar-refractivity contribution in [1.82, 2.24) is 14.8 Å². The maximum atomic E-state index is 12.7. The number of benzene rings is 2. The third kappa shape index (κ3) is 5.60. The second-order valence-corrected chi connectivity index (χ2v) is 11.4. The number of aryl methyl sites for hydroxylation is 1. The van der Waals surface area contributed by atoms with E-state index in [2.05, 4.69) is 68.9 Å². The number of thioether (sulfide) groups is 1. The van der Waals surface area contributed by atoms with Crippen LogP contribution in [0.5, 0.6) is 0 Å². The number of rotatable bonds is 5. The van der Waals surface area contributed by atoms with Crippen LogP contribution in [0.2, 0.25) is 0 Å². The van der Waals surface area contributed by atoms with E-state index in [0.717, 1.165) is 66.5 Å². The van der Waals surface area contributed by atoms with Crippen LogP contribution in [0.3, 0.4) is 0 Å². The zero-order valence-electron chi connectivity index (χ0n) is 22.7. The number of anilines is 1. The number of amides is 1. The molecule has 4 heterocycles. The number of hydrogen-bond acceptors (Lipinski definition) is 7. The fraction of sp³-hybridized carbons (Fsp3) is 0.387. The van der Waals surface area contributed by atoms with Gasteiger partial charge in [-0.1, -0.05) is 19.1 Å². The maximum absolute atomic E-state index is 12.7. The van der Waals surface area contributed by atoms with E-state index in [1.165, 1.54) is 41.5 Å². The number of morpholine rings is 1. The Kier molecular flexibility index (Phi) is 7.68. The van der Waals surface area contributed by atoms with Crippen LogP contribution in [0.4, 0.5) is 5.69 Å². The molecule has 3 aliphatic rings. The molecule has 0 bridgehead atoms. The Labute approximate surface area is 234 Å². The van der Waals surface area contributed by atoms with Crippen molar-refractivity contribution in [2.45, 2.75) is 20.3 Å². The van der Waals surface area contributed by atoms with Crippen molar-refractivity contribution in [3.8, 4) is 11.1 Å². The minimum atomic E-state index is -0.172. The highest BCUT2D eigenvalue weighted by atomic mass is 32.2. The molecule has 39 heavy (non-hydrogen) atoms. The number of hydrogen-bond donors (Lipinski definition) is 0. The molecule has 3 aliphatic heterocycles. The largest absolute Gasteiger partial charge is 0.378 e. The summed E-state index contributed by atoms with van der Waals surface area (Å²) in [4.78, 5) is 29.5. The van der Waals surface area contributed by atoms with Gasteiger partial charge < -0.3 is 14.5 Å². The fourth-order valence-electron chi connectivity index (χ4n) is 5.65. The molecular formula is C31H35N5O2S. The first-order chi connectivity index (χ1) is 19.1. The first kappa shape index (κ1) is 26.0. The molecule has 7 nitrogen and oxygen atoms in total. The molecule has 0 aliphatic carbocycles. The van der Waals surface area contributed by atoms with Gasteiger partial charge in [-0.3, -0.25) is 14.7 Å². The quantitative estimate of drug-likeness (QED) is 0.419. The fourth-order valence-corrected chi connectivity index (χ4v) is 6.62. The SMILES string of the molecule is CCCN1CCN(c2ccc(-c3ccnc4ccc(C=C5SC(N6CCOCC6)=NC5=O)cc34)cc2C)CC1. The Morgan fingerprint density at radius 2 is 1.79 bits per heavy atom. The number of aliphatic imine (C=N–C) groups is 1. The van der Waals surface area contributed by atoms with Crippen LogP contribution in [-0.4, -0.2) is 84.9 Å². The van der Waals surface area contributed by atoms with Gasteiger partial charge in [0.2, 0.25) is 0 Å². The molecule has 0 unspecified atom stereocenters. The standard InChI is InChI=1S/C31H35N5O2S/c1-3-10-34-11-13-35(14-12-34)28-7-5-24(19-22(28)2)25-8-9-32-27-6-4-23(20-26(25)27)21-29-30(37)33-31(39-29)36-15-17-38-18-16-36/h4-9,19-21H,3,10-18H2,1-2H3. The van der Waals surface area contributed by atoms with Gasteiger partial charge in [0.1, 0.15) is 0 Å². The summed E-state index contributed by atoms with van der Waals surface area (Å²) < 4.78 is 5.44. The number of carbonyl (C=O) groups is 1. The molecule has 3 aromatic rings. The molecule has 2 aromatic carbocycles. The summed E-state index contributed by atoms with van der Waals surface area (Å²) >= 11 is 1.45.